The lowest BCUT2D eigenvalue weighted by atomic mass is 10.0. The van der Waals surface area contributed by atoms with Gasteiger partial charge >= 0.3 is 5.63 Å². The second-order valence-electron chi connectivity index (χ2n) is 6.00. The van der Waals surface area contributed by atoms with Crippen LogP contribution in [0.25, 0.3) is 21.7 Å². The molecule has 6 nitrogen and oxygen atoms in total. The molecule has 0 N–H and O–H groups in total. The third-order valence-corrected chi connectivity index (χ3v) is 4.58. The summed E-state index contributed by atoms with van der Waals surface area (Å²) < 4.78 is 27.5. The number of rotatable bonds is 3. The van der Waals surface area contributed by atoms with E-state index in [1.165, 1.54) is 7.11 Å². The van der Waals surface area contributed by atoms with Crippen molar-refractivity contribution in [1.29, 1.82) is 0 Å². The van der Waals surface area contributed by atoms with Crippen molar-refractivity contribution in [2.24, 2.45) is 0 Å². The Kier molecular flexibility index (Phi) is 3.67. The molecule has 1 saturated heterocycles. The van der Waals surface area contributed by atoms with Gasteiger partial charge in [0.05, 0.1) is 32.8 Å². The first kappa shape index (κ1) is 15.9. The van der Waals surface area contributed by atoms with Gasteiger partial charge in [0.2, 0.25) is 0 Å². The zero-order valence-corrected chi connectivity index (χ0v) is 14.3. The maximum atomic E-state index is 12.5. The molecule has 1 aromatic heterocycles. The molecule has 2 aromatic carbocycles. The number of fused-ring (bicyclic) bond motifs is 3. The third-order valence-electron chi connectivity index (χ3n) is 4.58. The maximum Gasteiger partial charge on any atom is 0.344 e. The molecule has 1 aliphatic heterocycles. The van der Waals surface area contributed by atoms with E-state index < -0.39 is 11.4 Å². The van der Waals surface area contributed by atoms with Crippen LogP contribution in [0, 0.1) is 0 Å². The Bertz CT molecular complexity index is 1010. The van der Waals surface area contributed by atoms with Crippen molar-refractivity contribution in [1.82, 2.24) is 0 Å². The minimum Gasteiger partial charge on any atom is -0.493 e. The SMILES string of the molecule is COc1cc2oc(=O)c3cc(C4(C)OCCO4)ccc3c2cc1OC. The lowest BCUT2D eigenvalue weighted by molar-refractivity contribution is -0.149. The third kappa shape index (κ3) is 2.45. The molecular formula is C19H18O6. The lowest BCUT2D eigenvalue weighted by Gasteiger charge is -2.23. The molecule has 0 spiro atoms. The molecule has 0 saturated carbocycles. The number of benzene rings is 2. The van der Waals surface area contributed by atoms with E-state index in [0.717, 1.165) is 16.3 Å². The summed E-state index contributed by atoms with van der Waals surface area (Å²) in [5.74, 6) is 0.241. The maximum absolute atomic E-state index is 12.5. The summed E-state index contributed by atoms with van der Waals surface area (Å²) in [6.45, 7) is 2.90. The van der Waals surface area contributed by atoms with E-state index in [4.69, 9.17) is 23.4 Å². The van der Waals surface area contributed by atoms with Crippen LogP contribution < -0.4 is 15.1 Å². The summed E-state index contributed by atoms with van der Waals surface area (Å²) >= 11 is 0. The Morgan fingerprint density at radius 2 is 1.60 bits per heavy atom. The molecule has 0 aliphatic carbocycles. The minimum absolute atomic E-state index is 0.418. The van der Waals surface area contributed by atoms with Gasteiger partial charge in [-0.15, -0.1) is 0 Å². The number of methoxy groups -OCH3 is 2. The Balaban J connectivity index is 1.99. The number of ether oxygens (including phenoxy) is 4. The van der Waals surface area contributed by atoms with E-state index in [0.29, 0.717) is 35.7 Å². The van der Waals surface area contributed by atoms with Crippen LogP contribution in [0.1, 0.15) is 12.5 Å². The zero-order chi connectivity index (χ0) is 17.6. The van der Waals surface area contributed by atoms with E-state index in [1.54, 1.807) is 19.2 Å². The zero-order valence-electron chi connectivity index (χ0n) is 14.3. The van der Waals surface area contributed by atoms with E-state index in [9.17, 15) is 4.79 Å². The molecule has 1 aliphatic rings. The monoisotopic (exact) mass is 342 g/mol. The fourth-order valence-electron chi connectivity index (χ4n) is 3.22. The highest BCUT2D eigenvalue weighted by atomic mass is 16.7. The molecule has 0 radical (unpaired) electrons. The van der Waals surface area contributed by atoms with Crippen LogP contribution in [0.5, 0.6) is 11.5 Å². The van der Waals surface area contributed by atoms with Gasteiger partial charge in [-0.3, -0.25) is 0 Å². The van der Waals surface area contributed by atoms with Crippen LogP contribution >= 0.6 is 0 Å². The van der Waals surface area contributed by atoms with Crippen LogP contribution in [-0.2, 0) is 15.3 Å². The van der Waals surface area contributed by atoms with Gasteiger partial charge in [-0.1, -0.05) is 12.1 Å². The Labute approximate surface area is 143 Å². The van der Waals surface area contributed by atoms with E-state index in [1.807, 2.05) is 25.1 Å². The summed E-state index contributed by atoms with van der Waals surface area (Å²) in [6, 6.07) is 9.02. The van der Waals surface area contributed by atoms with Gasteiger partial charge in [-0.25, -0.2) is 4.79 Å². The van der Waals surface area contributed by atoms with Gasteiger partial charge < -0.3 is 23.4 Å². The largest absolute Gasteiger partial charge is 0.493 e. The van der Waals surface area contributed by atoms with E-state index >= 15 is 0 Å². The van der Waals surface area contributed by atoms with Crippen molar-refractivity contribution in [3.63, 3.8) is 0 Å². The van der Waals surface area contributed by atoms with Crippen molar-refractivity contribution in [2.45, 2.75) is 12.7 Å². The lowest BCUT2D eigenvalue weighted by Crippen LogP contribution is -2.22. The second-order valence-corrected chi connectivity index (χ2v) is 6.00. The molecule has 4 rings (SSSR count). The first-order chi connectivity index (χ1) is 12.1. The van der Waals surface area contributed by atoms with Gasteiger partial charge in [0.25, 0.3) is 0 Å². The minimum atomic E-state index is -0.840. The molecular weight excluding hydrogens is 324 g/mol. The molecule has 2 heterocycles. The number of hydrogen-bond acceptors (Lipinski definition) is 6. The normalized spacial score (nSPS) is 16.4. The Morgan fingerprint density at radius 3 is 2.28 bits per heavy atom. The average Bonchev–Trinajstić information content (AvgIpc) is 3.08. The van der Waals surface area contributed by atoms with Crippen molar-refractivity contribution < 1.29 is 23.4 Å². The topological polar surface area (TPSA) is 67.1 Å². The predicted molar refractivity (Wildman–Crippen MR) is 92.4 cm³/mol. The van der Waals surface area contributed by atoms with Crippen LogP contribution in [0.2, 0.25) is 0 Å². The van der Waals surface area contributed by atoms with Crippen molar-refractivity contribution in [3.8, 4) is 11.5 Å². The highest BCUT2D eigenvalue weighted by Crippen LogP contribution is 2.37. The Morgan fingerprint density at radius 1 is 0.920 bits per heavy atom. The standard InChI is InChI=1S/C19H18O6/c1-19(23-6-7-24-19)11-4-5-12-13-9-16(21-2)17(22-3)10-15(13)25-18(20)14(12)8-11/h4-5,8-10H,6-7H2,1-3H3. The quantitative estimate of drug-likeness (QED) is 0.538. The predicted octanol–water partition coefficient (Wildman–Crippen LogP) is 3.18. The first-order valence-corrected chi connectivity index (χ1v) is 7.97. The molecule has 0 atom stereocenters. The van der Waals surface area contributed by atoms with Crippen molar-refractivity contribution in [2.75, 3.05) is 27.4 Å². The van der Waals surface area contributed by atoms with Gasteiger partial charge in [0.1, 0.15) is 5.58 Å². The van der Waals surface area contributed by atoms with Gasteiger partial charge in [-0.05, 0) is 19.1 Å². The number of hydrogen-bond donors (Lipinski definition) is 0. The van der Waals surface area contributed by atoms with Crippen LogP contribution in [0.15, 0.2) is 39.5 Å². The highest BCUT2D eigenvalue weighted by Gasteiger charge is 2.33. The molecule has 130 valence electrons. The summed E-state index contributed by atoms with van der Waals surface area (Å²) in [7, 11) is 3.11. The van der Waals surface area contributed by atoms with E-state index in [2.05, 4.69) is 0 Å². The first-order valence-electron chi connectivity index (χ1n) is 7.97. The molecule has 3 aromatic rings. The molecule has 0 amide bonds. The summed E-state index contributed by atoms with van der Waals surface area (Å²) in [5.41, 5.74) is 0.810. The van der Waals surface area contributed by atoms with Crippen LogP contribution in [0.4, 0.5) is 0 Å². The summed E-state index contributed by atoms with van der Waals surface area (Å²) in [5, 5.41) is 2.02. The highest BCUT2D eigenvalue weighted by molar-refractivity contribution is 6.05. The second kappa shape index (κ2) is 5.75. The molecule has 25 heavy (non-hydrogen) atoms. The average molecular weight is 342 g/mol. The van der Waals surface area contributed by atoms with Gasteiger partial charge in [-0.2, -0.15) is 0 Å². The molecule has 0 unspecified atom stereocenters. The Hall–Kier alpha value is -2.57. The molecule has 0 bridgehead atoms. The van der Waals surface area contributed by atoms with Crippen LogP contribution in [0.3, 0.4) is 0 Å². The smallest absolute Gasteiger partial charge is 0.344 e. The van der Waals surface area contributed by atoms with E-state index in [-0.39, 0.29) is 0 Å². The van der Waals surface area contributed by atoms with Gasteiger partial charge in [0, 0.05) is 22.4 Å². The molecule has 6 heteroatoms. The summed E-state index contributed by atoms with van der Waals surface area (Å²) in [6.07, 6.45) is 0. The fraction of sp³-hybridized carbons (Fsp3) is 0.316. The molecule has 1 fully saturated rings. The van der Waals surface area contributed by atoms with Crippen molar-refractivity contribution in [3.05, 3.63) is 46.3 Å². The van der Waals surface area contributed by atoms with Crippen molar-refractivity contribution >= 4 is 21.7 Å². The summed E-state index contributed by atoms with van der Waals surface area (Å²) in [4.78, 5) is 12.5. The van der Waals surface area contributed by atoms with Crippen LogP contribution in [-0.4, -0.2) is 27.4 Å². The fourth-order valence-corrected chi connectivity index (χ4v) is 3.22. The van der Waals surface area contributed by atoms with Gasteiger partial charge in [0.15, 0.2) is 17.3 Å².